The summed E-state index contributed by atoms with van der Waals surface area (Å²) in [7, 11) is -3.74. The molecule has 0 saturated heterocycles. The standard InChI is InChI=1S/C12H20N2O3S/c1-9(2)10(7-8-15)14-11-5-3-4-6-12(11)18(13,16)17/h3-6,9-10,14-15H,7-8H2,1-2H3,(H2,13,16,17). The molecule has 1 atom stereocenters. The highest BCUT2D eigenvalue weighted by molar-refractivity contribution is 7.89. The van der Waals surface area contributed by atoms with Crippen molar-refractivity contribution in [3.05, 3.63) is 24.3 Å². The van der Waals surface area contributed by atoms with Gasteiger partial charge in [-0.15, -0.1) is 0 Å². The number of aliphatic hydroxyl groups is 1. The van der Waals surface area contributed by atoms with E-state index in [1.54, 1.807) is 18.2 Å². The summed E-state index contributed by atoms with van der Waals surface area (Å²) in [5.74, 6) is 0.269. The minimum absolute atomic E-state index is 0.00194. The van der Waals surface area contributed by atoms with Crippen LogP contribution in [0.3, 0.4) is 0 Å². The molecular formula is C12H20N2O3S. The second-order valence-corrected chi connectivity index (χ2v) is 6.08. The molecule has 0 spiro atoms. The number of benzene rings is 1. The van der Waals surface area contributed by atoms with Crippen LogP contribution >= 0.6 is 0 Å². The highest BCUT2D eigenvalue weighted by Crippen LogP contribution is 2.22. The van der Waals surface area contributed by atoms with E-state index in [9.17, 15) is 8.42 Å². The molecule has 1 unspecified atom stereocenters. The number of aliphatic hydroxyl groups excluding tert-OH is 1. The van der Waals surface area contributed by atoms with Gasteiger partial charge in [0.1, 0.15) is 4.90 Å². The van der Waals surface area contributed by atoms with E-state index in [4.69, 9.17) is 10.2 Å². The summed E-state index contributed by atoms with van der Waals surface area (Å²) in [6.45, 7) is 4.06. The molecule has 4 N–H and O–H groups in total. The van der Waals surface area contributed by atoms with Crippen LogP contribution in [-0.2, 0) is 10.0 Å². The van der Waals surface area contributed by atoms with E-state index in [0.717, 1.165) is 0 Å². The second-order valence-electron chi connectivity index (χ2n) is 4.55. The molecule has 0 radical (unpaired) electrons. The van der Waals surface area contributed by atoms with Crippen LogP contribution in [0.15, 0.2) is 29.2 Å². The van der Waals surface area contributed by atoms with E-state index in [2.05, 4.69) is 5.32 Å². The molecule has 5 nitrogen and oxygen atoms in total. The van der Waals surface area contributed by atoms with E-state index in [1.165, 1.54) is 6.07 Å². The Morgan fingerprint density at radius 3 is 2.44 bits per heavy atom. The van der Waals surface area contributed by atoms with Gasteiger partial charge in [-0.1, -0.05) is 26.0 Å². The summed E-state index contributed by atoms with van der Waals surface area (Å²) in [6.07, 6.45) is 0.552. The molecule has 102 valence electrons. The van der Waals surface area contributed by atoms with Crippen LogP contribution in [0.4, 0.5) is 5.69 Å². The van der Waals surface area contributed by atoms with Crippen LogP contribution in [0.5, 0.6) is 0 Å². The predicted octanol–water partition coefficient (Wildman–Crippen LogP) is 1.15. The van der Waals surface area contributed by atoms with Gasteiger partial charge in [-0.05, 0) is 24.5 Å². The molecule has 0 aliphatic heterocycles. The fourth-order valence-electron chi connectivity index (χ4n) is 1.74. The number of sulfonamides is 1. The Labute approximate surface area is 108 Å². The Morgan fingerprint density at radius 1 is 1.33 bits per heavy atom. The van der Waals surface area contributed by atoms with Gasteiger partial charge in [0.15, 0.2) is 0 Å². The number of hydrogen-bond donors (Lipinski definition) is 3. The van der Waals surface area contributed by atoms with Crippen molar-refractivity contribution in [1.29, 1.82) is 0 Å². The van der Waals surface area contributed by atoms with Gasteiger partial charge >= 0.3 is 0 Å². The molecule has 0 fully saturated rings. The van der Waals surface area contributed by atoms with Crippen molar-refractivity contribution in [3.8, 4) is 0 Å². The summed E-state index contributed by atoms with van der Waals surface area (Å²) < 4.78 is 22.9. The van der Waals surface area contributed by atoms with E-state index in [1.807, 2.05) is 13.8 Å². The first-order valence-electron chi connectivity index (χ1n) is 5.85. The topological polar surface area (TPSA) is 92.4 Å². The third-order valence-electron chi connectivity index (χ3n) is 2.78. The minimum atomic E-state index is -3.74. The van der Waals surface area contributed by atoms with Gasteiger partial charge < -0.3 is 10.4 Å². The Bertz CT molecular complexity index is 486. The first-order chi connectivity index (χ1) is 8.36. The fraction of sp³-hybridized carbons (Fsp3) is 0.500. The quantitative estimate of drug-likeness (QED) is 0.724. The Hall–Kier alpha value is -1.11. The van der Waals surface area contributed by atoms with Crippen LogP contribution < -0.4 is 10.5 Å². The van der Waals surface area contributed by atoms with Gasteiger partial charge in [0.2, 0.25) is 10.0 Å². The largest absolute Gasteiger partial charge is 0.396 e. The number of nitrogens with one attached hydrogen (secondary N) is 1. The molecule has 0 aliphatic rings. The Balaban J connectivity index is 3.03. The lowest BCUT2D eigenvalue weighted by molar-refractivity contribution is 0.267. The zero-order chi connectivity index (χ0) is 13.8. The van der Waals surface area contributed by atoms with Crippen LogP contribution in [0.1, 0.15) is 20.3 Å². The molecule has 0 aromatic heterocycles. The van der Waals surface area contributed by atoms with Gasteiger partial charge in [-0.3, -0.25) is 0 Å². The van der Waals surface area contributed by atoms with Crippen molar-refractivity contribution >= 4 is 15.7 Å². The average Bonchev–Trinajstić information content (AvgIpc) is 2.27. The zero-order valence-corrected chi connectivity index (χ0v) is 11.4. The Morgan fingerprint density at radius 2 is 1.94 bits per heavy atom. The number of rotatable bonds is 6. The number of hydrogen-bond acceptors (Lipinski definition) is 4. The molecule has 6 heteroatoms. The molecule has 1 aromatic rings. The number of anilines is 1. The smallest absolute Gasteiger partial charge is 0.240 e. The molecule has 18 heavy (non-hydrogen) atoms. The predicted molar refractivity (Wildman–Crippen MR) is 71.8 cm³/mol. The minimum Gasteiger partial charge on any atom is -0.396 e. The van der Waals surface area contributed by atoms with Gasteiger partial charge in [0.25, 0.3) is 0 Å². The molecule has 0 bridgehead atoms. The summed E-state index contributed by atoms with van der Waals surface area (Å²) >= 11 is 0. The van der Waals surface area contributed by atoms with Crippen LogP contribution in [0.25, 0.3) is 0 Å². The Kier molecular flexibility index (Phi) is 5.13. The molecule has 0 amide bonds. The van der Waals surface area contributed by atoms with Gasteiger partial charge in [-0.2, -0.15) is 0 Å². The van der Waals surface area contributed by atoms with E-state index < -0.39 is 10.0 Å². The van der Waals surface area contributed by atoms with Crippen molar-refractivity contribution in [3.63, 3.8) is 0 Å². The third-order valence-corrected chi connectivity index (χ3v) is 3.75. The molecule has 0 saturated carbocycles. The van der Waals surface area contributed by atoms with E-state index in [-0.39, 0.29) is 23.5 Å². The normalized spacial score (nSPS) is 13.6. The van der Waals surface area contributed by atoms with Gasteiger partial charge in [-0.25, -0.2) is 13.6 Å². The monoisotopic (exact) mass is 272 g/mol. The first-order valence-corrected chi connectivity index (χ1v) is 7.40. The number of primary sulfonamides is 1. The fourth-order valence-corrected chi connectivity index (χ4v) is 2.45. The lowest BCUT2D eigenvalue weighted by Gasteiger charge is -2.23. The van der Waals surface area contributed by atoms with Crippen molar-refractivity contribution in [2.24, 2.45) is 11.1 Å². The number of nitrogens with two attached hydrogens (primary N) is 1. The summed E-state index contributed by atoms with van der Waals surface area (Å²) in [5.41, 5.74) is 0.479. The highest BCUT2D eigenvalue weighted by atomic mass is 32.2. The SMILES string of the molecule is CC(C)C(CCO)Nc1ccccc1S(N)(=O)=O. The summed E-state index contributed by atoms with van der Waals surface area (Å²) in [4.78, 5) is 0.0774. The van der Waals surface area contributed by atoms with Crippen LogP contribution in [-0.4, -0.2) is 26.2 Å². The van der Waals surface area contributed by atoms with Crippen molar-refractivity contribution in [1.82, 2.24) is 0 Å². The summed E-state index contributed by atoms with van der Waals surface area (Å²) in [6, 6.07) is 6.51. The molecule has 0 aliphatic carbocycles. The van der Waals surface area contributed by atoms with Crippen LogP contribution in [0.2, 0.25) is 0 Å². The number of para-hydroxylation sites is 1. The zero-order valence-electron chi connectivity index (χ0n) is 10.6. The maximum Gasteiger partial charge on any atom is 0.240 e. The van der Waals surface area contributed by atoms with Gasteiger partial charge in [0.05, 0.1) is 5.69 Å². The molecule has 0 heterocycles. The lowest BCUT2D eigenvalue weighted by Crippen LogP contribution is -2.28. The molecular weight excluding hydrogens is 252 g/mol. The van der Waals surface area contributed by atoms with Gasteiger partial charge in [0, 0.05) is 12.6 Å². The highest BCUT2D eigenvalue weighted by Gasteiger charge is 2.18. The van der Waals surface area contributed by atoms with Crippen molar-refractivity contribution in [2.75, 3.05) is 11.9 Å². The second kappa shape index (κ2) is 6.17. The van der Waals surface area contributed by atoms with E-state index in [0.29, 0.717) is 12.1 Å². The maximum atomic E-state index is 11.5. The van der Waals surface area contributed by atoms with Crippen molar-refractivity contribution in [2.45, 2.75) is 31.2 Å². The van der Waals surface area contributed by atoms with E-state index >= 15 is 0 Å². The molecule has 1 aromatic carbocycles. The maximum absolute atomic E-state index is 11.5. The van der Waals surface area contributed by atoms with Crippen molar-refractivity contribution < 1.29 is 13.5 Å². The lowest BCUT2D eigenvalue weighted by atomic mass is 10.0. The van der Waals surface area contributed by atoms with Crippen LogP contribution in [0, 0.1) is 5.92 Å². The average molecular weight is 272 g/mol. The summed E-state index contributed by atoms with van der Waals surface area (Å²) in [5, 5.41) is 17.3. The third kappa shape index (κ3) is 3.97. The first kappa shape index (κ1) is 14.9. The molecule has 1 rings (SSSR count).